The highest BCUT2D eigenvalue weighted by molar-refractivity contribution is 7.99. The first kappa shape index (κ1) is 26.6. The van der Waals surface area contributed by atoms with Gasteiger partial charge in [-0.1, -0.05) is 79.2 Å². The van der Waals surface area contributed by atoms with Crippen LogP contribution in [0.3, 0.4) is 0 Å². The zero-order chi connectivity index (χ0) is 25.0. The largest absolute Gasteiger partial charge is 0.354 e. The van der Waals surface area contributed by atoms with E-state index in [1.165, 1.54) is 5.56 Å². The molecule has 0 aliphatic heterocycles. The van der Waals surface area contributed by atoms with Gasteiger partial charge >= 0.3 is 0 Å². The van der Waals surface area contributed by atoms with Crippen molar-refractivity contribution < 1.29 is 9.59 Å². The van der Waals surface area contributed by atoms with E-state index in [0.29, 0.717) is 31.7 Å². The molecule has 3 rings (SSSR count). The van der Waals surface area contributed by atoms with Crippen LogP contribution in [0.25, 0.3) is 0 Å². The second-order valence-electron chi connectivity index (χ2n) is 8.86. The molecule has 1 atom stereocenters. The van der Waals surface area contributed by atoms with E-state index in [9.17, 15) is 9.59 Å². The lowest BCUT2D eigenvalue weighted by Crippen LogP contribution is -2.50. The number of aryl methyl sites for hydroxylation is 2. The maximum Gasteiger partial charge on any atom is 0.243 e. The van der Waals surface area contributed by atoms with Gasteiger partial charge < -0.3 is 10.2 Å². The third-order valence-electron chi connectivity index (χ3n) is 6.03. The highest BCUT2D eigenvalue weighted by atomic mass is 32.2. The molecular formula is C30H36N2O2S. The van der Waals surface area contributed by atoms with Crippen molar-refractivity contribution in [3.63, 3.8) is 0 Å². The first-order valence-corrected chi connectivity index (χ1v) is 13.3. The predicted molar refractivity (Wildman–Crippen MR) is 145 cm³/mol. The normalized spacial score (nSPS) is 11.6. The minimum absolute atomic E-state index is 0.000411. The fourth-order valence-electron chi connectivity index (χ4n) is 3.93. The number of carbonyl (C=O) groups is 2. The van der Waals surface area contributed by atoms with Crippen LogP contribution in [0.2, 0.25) is 0 Å². The quantitative estimate of drug-likeness (QED) is 0.320. The van der Waals surface area contributed by atoms with Crippen LogP contribution < -0.4 is 5.32 Å². The van der Waals surface area contributed by atoms with E-state index >= 15 is 0 Å². The lowest BCUT2D eigenvalue weighted by atomic mass is 10.0. The number of hydrogen-bond donors (Lipinski definition) is 1. The summed E-state index contributed by atoms with van der Waals surface area (Å²) in [6, 6.07) is 25.8. The molecule has 0 bridgehead atoms. The Morgan fingerprint density at radius 2 is 1.60 bits per heavy atom. The number of nitrogens with one attached hydrogen (secondary N) is 1. The van der Waals surface area contributed by atoms with Crippen LogP contribution in [0, 0.1) is 13.8 Å². The zero-order valence-corrected chi connectivity index (χ0v) is 21.8. The van der Waals surface area contributed by atoms with Gasteiger partial charge in [-0.05, 0) is 49.1 Å². The number of hydrogen-bond acceptors (Lipinski definition) is 3. The van der Waals surface area contributed by atoms with Crippen molar-refractivity contribution in [1.82, 2.24) is 10.2 Å². The SMILES string of the molecule is CCCNC(=O)[C@H](Cc1ccccc1)N(Cc1ccccc1C)C(=O)CCSc1ccc(C)cc1. The number of rotatable bonds is 12. The van der Waals surface area contributed by atoms with Crippen LogP contribution >= 0.6 is 11.8 Å². The minimum atomic E-state index is -0.569. The third kappa shape index (κ3) is 8.29. The van der Waals surface area contributed by atoms with Gasteiger partial charge in [0.15, 0.2) is 0 Å². The first-order valence-electron chi connectivity index (χ1n) is 12.3. The van der Waals surface area contributed by atoms with Gasteiger partial charge in [-0.2, -0.15) is 0 Å². The van der Waals surface area contributed by atoms with Crippen molar-refractivity contribution in [2.75, 3.05) is 12.3 Å². The Hall–Kier alpha value is -3.05. The molecule has 0 saturated heterocycles. The molecule has 0 radical (unpaired) electrons. The summed E-state index contributed by atoms with van der Waals surface area (Å²) < 4.78 is 0. The Balaban J connectivity index is 1.83. The van der Waals surface area contributed by atoms with Gasteiger partial charge in [0.25, 0.3) is 0 Å². The average Bonchev–Trinajstić information content (AvgIpc) is 2.87. The molecule has 3 aromatic rings. The molecule has 0 fully saturated rings. The summed E-state index contributed by atoms with van der Waals surface area (Å²) in [6.45, 7) is 7.16. The number of amides is 2. The van der Waals surface area contributed by atoms with Crippen LogP contribution in [-0.2, 0) is 22.6 Å². The molecule has 0 saturated carbocycles. The molecule has 0 aliphatic rings. The molecular weight excluding hydrogens is 452 g/mol. The number of nitrogens with zero attached hydrogens (tertiary/aromatic N) is 1. The minimum Gasteiger partial charge on any atom is -0.354 e. The second-order valence-corrected chi connectivity index (χ2v) is 10.0. The molecule has 35 heavy (non-hydrogen) atoms. The summed E-state index contributed by atoms with van der Waals surface area (Å²) in [7, 11) is 0. The van der Waals surface area contributed by atoms with Crippen molar-refractivity contribution >= 4 is 23.6 Å². The molecule has 0 spiro atoms. The molecule has 0 aliphatic carbocycles. The van der Waals surface area contributed by atoms with Crippen LogP contribution in [0.15, 0.2) is 83.8 Å². The predicted octanol–water partition coefficient (Wildman–Crippen LogP) is 5.95. The standard InChI is InChI=1S/C30H36N2O2S/c1-4-19-31-30(34)28(21-25-11-6-5-7-12-25)32(22-26-13-9-8-10-24(26)3)29(33)18-20-35-27-16-14-23(2)15-17-27/h5-17,28H,4,18-22H2,1-3H3,(H,31,34)/t28-/m0/s1. The molecule has 3 aromatic carbocycles. The maximum absolute atomic E-state index is 13.6. The number of benzene rings is 3. The van der Waals surface area contributed by atoms with Gasteiger partial charge in [0.1, 0.15) is 6.04 Å². The summed E-state index contributed by atoms with van der Waals surface area (Å²) in [5.41, 5.74) is 4.44. The van der Waals surface area contributed by atoms with E-state index in [1.807, 2.05) is 55.5 Å². The van der Waals surface area contributed by atoms with E-state index < -0.39 is 6.04 Å². The summed E-state index contributed by atoms with van der Waals surface area (Å²) in [5.74, 6) is 0.574. The summed E-state index contributed by atoms with van der Waals surface area (Å²) in [6.07, 6.45) is 1.71. The molecule has 5 heteroatoms. The van der Waals surface area contributed by atoms with Crippen LogP contribution in [-0.4, -0.2) is 35.1 Å². The molecule has 0 unspecified atom stereocenters. The van der Waals surface area contributed by atoms with Crippen LogP contribution in [0.1, 0.15) is 42.0 Å². The van der Waals surface area contributed by atoms with Crippen molar-refractivity contribution in [2.45, 2.75) is 57.5 Å². The van der Waals surface area contributed by atoms with Crippen molar-refractivity contribution in [3.8, 4) is 0 Å². The van der Waals surface area contributed by atoms with Crippen LogP contribution in [0.4, 0.5) is 0 Å². The number of carbonyl (C=O) groups excluding carboxylic acids is 2. The van der Waals surface area contributed by atoms with Gasteiger partial charge in [-0.25, -0.2) is 0 Å². The van der Waals surface area contributed by atoms with E-state index in [4.69, 9.17) is 0 Å². The van der Waals surface area contributed by atoms with E-state index in [1.54, 1.807) is 16.7 Å². The fourth-order valence-corrected chi connectivity index (χ4v) is 4.77. The van der Waals surface area contributed by atoms with Gasteiger partial charge in [0.2, 0.25) is 11.8 Å². The smallest absolute Gasteiger partial charge is 0.243 e. The van der Waals surface area contributed by atoms with Gasteiger partial charge in [-0.15, -0.1) is 11.8 Å². The van der Waals surface area contributed by atoms with Crippen LogP contribution in [0.5, 0.6) is 0 Å². The van der Waals surface area contributed by atoms with Crippen molar-refractivity contribution in [1.29, 1.82) is 0 Å². The zero-order valence-electron chi connectivity index (χ0n) is 21.0. The van der Waals surface area contributed by atoms with Gasteiger partial charge in [-0.3, -0.25) is 9.59 Å². The second kappa shape index (κ2) is 13.7. The van der Waals surface area contributed by atoms with Gasteiger partial charge in [0.05, 0.1) is 0 Å². The fraction of sp³-hybridized carbons (Fsp3) is 0.333. The monoisotopic (exact) mass is 488 g/mol. The Morgan fingerprint density at radius 1 is 0.914 bits per heavy atom. The highest BCUT2D eigenvalue weighted by Crippen LogP contribution is 2.22. The maximum atomic E-state index is 13.6. The van der Waals surface area contributed by atoms with E-state index in [0.717, 1.165) is 28.0 Å². The molecule has 0 heterocycles. The lowest BCUT2D eigenvalue weighted by Gasteiger charge is -2.32. The molecule has 4 nitrogen and oxygen atoms in total. The number of thioether (sulfide) groups is 1. The summed E-state index contributed by atoms with van der Waals surface area (Å²) in [5, 5.41) is 3.04. The van der Waals surface area contributed by atoms with Crippen molar-refractivity contribution in [2.24, 2.45) is 0 Å². The molecule has 2 amide bonds. The summed E-state index contributed by atoms with van der Waals surface area (Å²) >= 11 is 1.67. The molecule has 0 aromatic heterocycles. The molecule has 1 N–H and O–H groups in total. The lowest BCUT2D eigenvalue weighted by molar-refractivity contribution is -0.141. The Bertz CT molecular complexity index is 1080. The van der Waals surface area contributed by atoms with Crippen molar-refractivity contribution in [3.05, 3.63) is 101 Å². The van der Waals surface area contributed by atoms with E-state index in [2.05, 4.69) is 49.5 Å². The summed E-state index contributed by atoms with van der Waals surface area (Å²) in [4.78, 5) is 29.9. The topological polar surface area (TPSA) is 49.4 Å². The van der Waals surface area contributed by atoms with E-state index in [-0.39, 0.29) is 11.8 Å². The first-order chi connectivity index (χ1) is 17.0. The Labute approximate surface area is 214 Å². The Morgan fingerprint density at radius 3 is 2.29 bits per heavy atom. The Kier molecular flexibility index (Phi) is 10.4. The third-order valence-corrected chi connectivity index (χ3v) is 7.04. The highest BCUT2D eigenvalue weighted by Gasteiger charge is 2.30. The van der Waals surface area contributed by atoms with Gasteiger partial charge in [0, 0.05) is 36.6 Å². The molecule has 184 valence electrons. The average molecular weight is 489 g/mol.